The third kappa shape index (κ3) is 2.20. The van der Waals surface area contributed by atoms with Crippen molar-refractivity contribution in [3.05, 3.63) is 23.7 Å². The Balaban J connectivity index is 1.94. The number of hydrogen-bond donors (Lipinski definition) is 0. The molecule has 0 aromatic carbocycles. The zero-order valence-electron chi connectivity index (χ0n) is 9.60. The molecule has 2 aromatic heterocycles. The molecule has 0 bridgehead atoms. The van der Waals surface area contributed by atoms with Crippen LogP contribution in [0.4, 0.5) is 5.82 Å². The molecule has 1 saturated heterocycles. The van der Waals surface area contributed by atoms with Gasteiger partial charge in [-0.05, 0) is 36.3 Å². The second kappa shape index (κ2) is 4.94. The van der Waals surface area contributed by atoms with E-state index in [1.165, 1.54) is 28.7 Å². The molecule has 3 heterocycles. The summed E-state index contributed by atoms with van der Waals surface area (Å²) < 4.78 is 1.34. The molecule has 1 aliphatic rings. The summed E-state index contributed by atoms with van der Waals surface area (Å²) in [4.78, 5) is 7.04. The van der Waals surface area contributed by atoms with E-state index in [0.29, 0.717) is 0 Å². The zero-order valence-corrected chi connectivity index (χ0v) is 12.0. The van der Waals surface area contributed by atoms with Gasteiger partial charge in [0.2, 0.25) is 0 Å². The summed E-state index contributed by atoms with van der Waals surface area (Å²) in [5.74, 6) is 1.94. The SMILES string of the molecule is BrCC1CCCN(c2nccc3sccc23)C1. The van der Waals surface area contributed by atoms with Gasteiger partial charge in [0.05, 0.1) is 0 Å². The Morgan fingerprint density at radius 1 is 1.47 bits per heavy atom. The van der Waals surface area contributed by atoms with Crippen LogP contribution in [-0.2, 0) is 0 Å². The highest BCUT2D eigenvalue weighted by molar-refractivity contribution is 9.09. The van der Waals surface area contributed by atoms with Crippen LogP contribution < -0.4 is 4.90 Å². The summed E-state index contributed by atoms with van der Waals surface area (Å²) in [7, 11) is 0. The van der Waals surface area contributed by atoms with Gasteiger partial charge in [0, 0.05) is 34.7 Å². The van der Waals surface area contributed by atoms with Crippen LogP contribution in [0.1, 0.15) is 12.8 Å². The summed E-state index contributed by atoms with van der Waals surface area (Å²) in [6.07, 6.45) is 4.55. The van der Waals surface area contributed by atoms with Crippen molar-refractivity contribution in [3.8, 4) is 0 Å². The van der Waals surface area contributed by atoms with Crippen molar-refractivity contribution in [1.82, 2.24) is 4.98 Å². The molecular formula is C13H15BrN2S. The topological polar surface area (TPSA) is 16.1 Å². The molecule has 0 spiro atoms. The molecule has 0 amide bonds. The predicted octanol–water partition coefficient (Wildman–Crippen LogP) is 3.91. The van der Waals surface area contributed by atoms with Crippen LogP contribution in [0.25, 0.3) is 10.1 Å². The number of anilines is 1. The van der Waals surface area contributed by atoms with E-state index in [0.717, 1.165) is 24.3 Å². The average molecular weight is 311 g/mol. The summed E-state index contributed by atoms with van der Waals surface area (Å²) in [5, 5.41) is 4.57. The smallest absolute Gasteiger partial charge is 0.137 e. The van der Waals surface area contributed by atoms with E-state index >= 15 is 0 Å². The molecule has 4 heteroatoms. The largest absolute Gasteiger partial charge is 0.356 e. The number of alkyl halides is 1. The van der Waals surface area contributed by atoms with Gasteiger partial charge in [-0.3, -0.25) is 0 Å². The minimum absolute atomic E-state index is 0.763. The number of rotatable bonds is 2. The Morgan fingerprint density at radius 2 is 2.41 bits per heavy atom. The minimum atomic E-state index is 0.763. The fourth-order valence-corrected chi connectivity index (χ4v) is 3.82. The second-order valence-corrected chi connectivity index (χ2v) is 6.17. The van der Waals surface area contributed by atoms with Gasteiger partial charge in [0.1, 0.15) is 5.82 Å². The maximum atomic E-state index is 4.59. The molecule has 0 radical (unpaired) electrons. The average Bonchev–Trinajstić information content (AvgIpc) is 2.87. The Labute approximate surface area is 114 Å². The first-order valence-electron chi connectivity index (χ1n) is 6.01. The molecule has 2 aromatic rings. The lowest BCUT2D eigenvalue weighted by Crippen LogP contribution is -2.36. The van der Waals surface area contributed by atoms with Crippen molar-refractivity contribution in [2.45, 2.75) is 12.8 Å². The Kier molecular flexibility index (Phi) is 3.34. The van der Waals surface area contributed by atoms with E-state index in [2.05, 4.69) is 43.3 Å². The third-order valence-corrected chi connectivity index (χ3v) is 5.19. The van der Waals surface area contributed by atoms with E-state index in [1.54, 1.807) is 11.3 Å². The lowest BCUT2D eigenvalue weighted by molar-refractivity contribution is 0.453. The van der Waals surface area contributed by atoms with Crippen LogP contribution in [-0.4, -0.2) is 23.4 Å². The van der Waals surface area contributed by atoms with Gasteiger partial charge in [-0.25, -0.2) is 4.98 Å². The van der Waals surface area contributed by atoms with Gasteiger partial charge < -0.3 is 4.90 Å². The Morgan fingerprint density at radius 3 is 3.29 bits per heavy atom. The standard InChI is InChI=1S/C13H15BrN2S/c14-8-10-2-1-6-16(9-10)13-11-4-7-17-12(11)3-5-15-13/h3-5,7,10H,1-2,6,8-9H2. The van der Waals surface area contributed by atoms with E-state index in [4.69, 9.17) is 0 Å². The first kappa shape index (κ1) is 11.5. The molecule has 1 atom stereocenters. The fraction of sp³-hybridized carbons (Fsp3) is 0.462. The van der Waals surface area contributed by atoms with Crippen LogP contribution >= 0.6 is 27.3 Å². The minimum Gasteiger partial charge on any atom is -0.356 e. The van der Waals surface area contributed by atoms with Crippen LogP contribution in [0, 0.1) is 5.92 Å². The van der Waals surface area contributed by atoms with E-state index in [9.17, 15) is 0 Å². The summed E-state index contributed by atoms with van der Waals surface area (Å²) in [5.41, 5.74) is 0. The molecule has 0 aliphatic carbocycles. The van der Waals surface area contributed by atoms with Crippen molar-refractivity contribution < 1.29 is 0 Å². The normalized spacial score (nSPS) is 21.0. The molecule has 3 rings (SSSR count). The number of aromatic nitrogens is 1. The maximum Gasteiger partial charge on any atom is 0.137 e. The fourth-order valence-electron chi connectivity index (χ4n) is 2.52. The molecule has 1 aliphatic heterocycles. The van der Waals surface area contributed by atoms with Gasteiger partial charge >= 0.3 is 0 Å². The maximum absolute atomic E-state index is 4.59. The molecule has 90 valence electrons. The number of fused-ring (bicyclic) bond motifs is 1. The van der Waals surface area contributed by atoms with Gasteiger partial charge in [-0.1, -0.05) is 15.9 Å². The molecule has 17 heavy (non-hydrogen) atoms. The predicted molar refractivity (Wildman–Crippen MR) is 78.4 cm³/mol. The molecular weight excluding hydrogens is 296 g/mol. The number of hydrogen-bond acceptors (Lipinski definition) is 3. The van der Waals surface area contributed by atoms with Gasteiger partial charge in [-0.15, -0.1) is 11.3 Å². The lowest BCUT2D eigenvalue weighted by atomic mass is 10.00. The van der Waals surface area contributed by atoms with Crippen molar-refractivity contribution in [2.24, 2.45) is 5.92 Å². The highest BCUT2D eigenvalue weighted by Crippen LogP contribution is 2.31. The molecule has 1 unspecified atom stereocenters. The lowest BCUT2D eigenvalue weighted by Gasteiger charge is -2.33. The van der Waals surface area contributed by atoms with Crippen LogP contribution in [0.5, 0.6) is 0 Å². The Bertz CT molecular complexity index is 511. The molecule has 0 saturated carbocycles. The Hall–Kier alpha value is -0.610. The van der Waals surface area contributed by atoms with Crippen LogP contribution in [0.2, 0.25) is 0 Å². The van der Waals surface area contributed by atoms with Gasteiger partial charge in [0.15, 0.2) is 0 Å². The summed E-state index contributed by atoms with van der Waals surface area (Å²) >= 11 is 5.40. The number of piperidine rings is 1. The molecule has 1 fully saturated rings. The summed E-state index contributed by atoms with van der Waals surface area (Å²) in [6.45, 7) is 2.28. The second-order valence-electron chi connectivity index (χ2n) is 4.58. The number of nitrogens with zero attached hydrogens (tertiary/aromatic N) is 2. The van der Waals surface area contributed by atoms with Crippen molar-refractivity contribution in [1.29, 1.82) is 0 Å². The molecule has 2 nitrogen and oxygen atoms in total. The highest BCUT2D eigenvalue weighted by Gasteiger charge is 2.21. The van der Waals surface area contributed by atoms with Crippen molar-refractivity contribution in [2.75, 3.05) is 23.3 Å². The first-order valence-corrected chi connectivity index (χ1v) is 8.01. The van der Waals surface area contributed by atoms with Crippen LogP contribution in [0.3, 0.4) is 0 Å². The van der Waals surface area contributed by atoms with Crippen molar-refractivity contribution >= 4 is 43.2 Å². The highest BCUT2D eigenvalue weighted by atomic mass is 79.9. The van der Waals surface area contributed by atoms with E-state index in [-0.39, 0.29) is 0 Å². The summed E-state index contributed by atoms with van der Waals surface area (Å²) in [6, 6.07) is 4.30. The molecule has 0 N–H and O–H groups in total. The number of halogens is 1. The van der Waals surface area contributed by atoms with Gasteiger partial charge in [0.25, 0.3) is 0 Å². The van der Waals surface area contributed by atoms with E-state index < -0.39 is 0 Å². The quantitative estimate of drug-likeness (QED) is 0.782. The van der Waals surface area contributed by atoms with Gasteiger partial charge in [-0.2, -0.15) is 0 Å². The van der Waals surface area contributed by atoms with Crippen molar-refractivity contribution in [3.63, 3.8) is 0 Å². The van der Waals surface area contributed by atoms with E-state index in [1.807, 2.05) is 6.20 Å². The monoisotopic (exact) mass is 310 g/mol. The third-order valence-electron chi connectivity index (χ3n) is 3.40. The number of pyridine rings is 1. The first-order chi connectivity index (χ1) is 8.38. The van der Waals surface area contributed by atoms with Crippen LogP contribution in [0.15, 0.2) is 23.7 Å². The zero-order chi connectivity index (χ0) is 11.7. The number of thiophene rings is 1.